The average molecular weight is 402 g/mol. The first-order valence-electron chi connectivity index (χ1n) is 9.59. The molecule has 0 bridgehead atoms. The van der Waals surface area contributed by atoms with Crippen molar-refractivity contribution in [2.24, 2.45) is 5.41 Å². The minimum Gasteiger partial charge on any atom is -0.497 e. The second-order valence-electron chi connectivity index (χ2n) is 7.95. The van der Waals surface area contributed by atoms with Crippen LogP contribution < -0.4 is 4.74 Å². The van der Waals surface area contributed by atoms with E-state index >= 15 is 0 Å². The summed E-state index contributed by atoms with van der Waals surface area (Å²) in [6, 6.07) is 4.67. The third kappa shape index (κ3) is 5.16. The minimum absolute atomic E-state index is 0.110. The first-order valence-corrected chi connectivity index (χ1v) is 9.59. The van der Waals surface area contributed by atoms with Gasteiger partial charge in [0.15, 0.2) is 0 Å². The molecular formula is C20H26F4N2O2. The van der Waals surface area contributed by atoms with Crippen molar-refractivity contribution in [2.75, 3.05) is 33.3 Å². The molecule has 0 radical (unpaired) electrons. The van der Waals surface area contributed by atoms with E-state index in [4.69, 9.17) is 4.74 Å². The zero-order valence-electron chi connectivity index (χ0n) is 16.0. The van der Waals surface area contributed by atoms with Crippen molar-refractivity contribution in [1.82, 2.24) is 9.80 Å². The Bertz CT molecular complexity index is 710. The van der Waals surface area contributed by atoms with Gasteiger partial charge in [-0.2, -0.15) is 13.2 Å². The summed E-state index contributed by atoms with van der Waals surface area (Å²) in [5, 5.41) is 0. The molecule has 0 N–H and O–H groups in total. The maximum absolute atomic E-state index is 14.2. The molecule has 28 heavy (non-hydrogen) atoms. The van der Waals surface area contributed by atoms with Crippen LogP contribution >= 0.6 is 0 Å². The molecule has 1 aromatic rings. The van der Waals surface area contributed by atoms with E-state index in [1.54, 1.807) is 17.0 Å². The van der Waals surface area contributed by atoms with E-state index in [0.29, 0.717) is 37.5 Å². The summed E-state index contributed by atoms with van der Waals surface area (Å²) in [5.74, 6) is -0.105. The van der Waals surface area contributed by atoms with Crippen LogP contribution in [0.2, 0.25) is 0 Å². The highest BCUT2D eigenvalue weighted by molar-refractivity contribution is 5.76. The lowest BCUT2D eigenvalue weighted by Crippen LogP contribution is -2.45. The topological polar surface area (TPSA) is 32.8 Å². The van der Waals surface area contributed by atoms with Gasteiger partial charge in [0.2, 0.25) is 5.91 Å². The number of methoxy groups -OCH3 is 1. The highest BCUT2D eigenvalue weighted by Gasteiger charge is 2.43. The molecule has 2 aliphatic heterocycles. The summed E-state index contributed by atoms with van der Waals surface area (Å²) in [4.78, 5) is 15.9. The molecule has 1 atom stereocenters. The van der Waals surface area contributed by atoms with Gasteiger partial charge in [-0.05, 0) is 44.0 Å². The standard InChI is InChI=1S/C20H26F4N2O2/c1-28-16-3-4-17(21)15(11-16)12-25-9-2-6-19(13-25)8-10-26(14-19)18(27)5-7-20(22,23)24/h3-4,11H,2,5-10,12-14H2,1H3/t19-/m0/s1. The van der Waals surface area contributed by atoms with Gasteiger partial charge in [0, 0.05) is 43.6 Å². The Kier molecular flexibility index (Phi) is 6.17. The van der Waals surface area contributed by atoms with Gasteiger partial charge in [0.05, 0.1) is 13.5 Å². The van der Waals surface area contributed by atoms with Crippen molar-refractivity contribution in [3.63, 3.8) is 0 Å². The molecule has 1 spiro atoms. The summed E-state index contributed by atoms with van der Waals surface area (Å²) in [5.41, 5.74) is 0.453. The minimum atomic E-state index is -4.31. The molecule has 0 aliphatic carbocycles. The lowest BCUT2D eigenvalue weighted by atomic mass is 9.79. The molecule has 2 aliphatic rings. The lowest BCUT2D eigenvalue weighted by Gasteiger charge is -2.40. The van der Waals surface area contributed by atoms with Crippen molar-refractivity contribution in [3.05, 3.63) is 29.6 Å². The predicted molar refractivity (Wildman–Crippen MR) is 96.4 cm³/mol. The van der Waals surface area contributed by atoms with Gasteiger partial charge in [0.25, 0.3) is 0 Å². The molecular weight excluding hydrogens is 376 g/mol. The van der Waals surface area contributed by atoms with Crippen LogP contribution in [0.5, 0.6) is 5.75 Å². The number of likely N-dealkylation sites (tertiary alicyclic amines) is 2. The van der Waals surface area contributed by atoms with Crippen LogP contribution in [-0.2, 0) is 11.3 Å². The number of alkyl halides is 3. The van der Waals surface area contributed by atoms with Crippen LogP contribution in [0.3, 0.4) is 0 Å². The zero-order chi connectivity index (χ0) is 20.4. The molecule has 4 nitrogen and oxygen atoms in total. The van der Waals surface area contributed by atoms with E-state index in [1.165, 1.54) is 13.2 Å². The Morgan fingerprint density at radius 2 is 2.00 bits per heavy atom. The van der Waals surface area contributed by atoms with Crippen LogP contribution in [0, 0.1) is 11.2 Å². The molecule has 1 aromatic carbocycles. The summed E-state index contributed by atoms with van der Waals surface area (Å²) in [6.07, 6.45) is -3.23. The number of benzene rings is 1. The summed E-state index contributed by atoms with van der Waals surface area (Å²) < 4.78 is 56.5. The van der Waals surface area contributed by atoms with Gasteiger partial charge in [-0.25, -0.2) is 4.39 Å². The van der Waals surface area contributed by atoms with E-state index in [9.17, 15) is 22.4 Å². The second kappa shape index (κ2) is 8.27. The molecule has 2 saturated heterocycles. The average Bonchev–Trinajstić information content (AvgIpc) is 3.04. The Hall–Kier alpha value is -1.83. The number of carbonyl (C=O) groups is 1. The maximum Gasteiger partial charge on any atom is 0.389 e. The van der Waals surface area contributed by atoms with Gasteiger partial charge < -0.3 is 9.64 Å². The Labute approximate surface area is 162 Å². The first kappa shape index (κ1) is 20.9. The molecule has 156 valence electrons. The van der Waals surface area contributed by atoms with Crippen molar-refractivity contribution >= 4 is 5.91 Å². The van der Waals surface area contributed by atoms with E-state index in [1.807, 2.05) is 0 Å². The molecule has 3 rings (SSSR count). The monoisotopic (exact) mass is 402 g/mol. The molecule has 8 heteroatoms. The number of nitrogens with zero attached hydrogens (tertiary/aromatic N) is 2. The summed E-state index contributed by atoms with van der Waals surface area (Å²) in [6.45, 7) is 2.98. The van der Waals surface area contributed by atoms with Crippen LogP contribution in [0.4, 0.5) is 17.6 Å². The highest BCUT2D eigenvalue weighted by atomic mass is 19.4. The SMILES string of the molecule is COc1ccc(F)c(CN2CCC[C@]3(CCN(C(=O)CCC(F)(F)F)C3)C2)c1. The van der Waals surface area contributed by atoms with Crippen molar-refractivity contribution in [2.45, 2.75) is 44.8 Å². The third-order valence-corrected chi connectivity index (χ3v) is 5.80. The number of amides is 1. The van der Waals surface area contributed by atoms with Crippen LogP contribution in [0.15, 0.2) is 18.2 Å². The van der Waals surface area contributed by atoms with Gasteiger partial charge >= 0.3 is 6.18 Å². The van der Waals surface area contributed by atoms with E-state index in [-0.39, 0.29) is 11.2 Å². The summed E-state index contributed by atoms with van der Waals surface area (Å²) in [7, 11) is 1.54. The molecule has 1 amide bonds. The number of ether oxygens (including phenoxy) is 1. The Morgan fingerprint density at radius 3 is 2.71 bits per heavy atom. The van der Waals surface area contributed by atoms with Gasteiger partial charge in [-0.1, -0.05) is 0 Å². The van der Waals surface area contributed by atoms with Gasteiger partial charge in [-0.15, -0.1) is 0 Å². The molecule has 2 heterocycles. The molecule has 0 unspecified atom stereocenters. The smallest absolute Gasteiger partial charge is 0.389 e. The fourth-order valence-corrected chi connectivity index (χ4v) is 4.37. The number of rotatable bonds is 5. The molecule has 2 fully saturated rings. The van der Waals surface area contributed by atoms with E-state index < -0.39 is 24.9 Å². The van der Waals surface area contributed by atoms with Crippen molar-refractivity contribution in [3.8, 4) is 5.75 Å². The van der Waals surface area contributed by atoms with Crippen LogP contribution in [-0.4, -0.2) is 55.2 Å². The maximum atomic E-state index is 14.2. The van der Waals surface area contributed by atoms with Crippen LogP contribution in [0.1, 0.15) is 37.7 Å². The van der Waals surface area contributed by atoms with Crippen LogP contribution in [0.25, 0.3) is 0 Å². The summed E-state index contributed by atoms with van der Waals surface area (Å²) >= 11 is 0. The highest BCUT2D eigenvalue weighted by Crippen LogP contribution is 2.40. The van der Waals surface area contributed by atoms with E-state index in [0.717, 1.165) is 25.8 Å². The van der Waals surface area contributed by atoms with Gasteiger partial charge in [-0.3, -0.25) is 9.69 Å². The molecule has 0 aromatic heterocycles. The number of hydrogen-bond donors (Lipinski definition) is 0. The third-order valence-electron chi connectivity index (χ3n) is 5.80. The number of hydrogen-bond acceptors (Lipinski definition) is 3. The van der Waals surface area contributed by atoms with Gasteiger partial charge in [0.1, 0.15) is 11.6 Å². The van der Waals surface area contributed by atoms with E-state index in [2.05, 4.69) is 4.90 Å². The van der Waals surface area contributed by atoms with Crippen molar-refractivity contribution in [1.29, 1.82) is 0 Å². The first-order chi connectivity index (χ1) is 13.2. The quantitative estimate of drug-likeness (QED) is 0.699. The molecule has 0 saturated carbocycles. The number of piperidine rings is 1. The predicted octanol–water partition coefficient (Wildman–Crippen LogP) is 3.99. The number of carbonyl (C=O) groups excluding carboxylic acids is 1. The Balaban J connectivity index is 1.60. The fourth-order valence-electron chi connectivity index (χ4n) is 4.37. The Morgan fingerprint density at radius 1 is 1.21 bits per heavy atom. The van der Waals surface area contributed by atoms with Crippen molar-refractivity contribution < 1.29 is 27.1 Å². The second-order valence-corrected chi connectivity index (χ2v) is 7.95. The largest absolute Gasteiger partial charge is 0.497 e. The fraction of sp³-hybridized carbons (Fsp3) is 0.650. The lowest BCUT2D eigenvalue weighted by molar-refractivity contribution is -0.148. The number of halogens is 4. The normalized spacial score (nSPS) is 23.4. The zero-order valence-corrected chi connectivity index (χ0v) is 16.0.